The average molecular weight is 94.1 g/mol. The van der Waals surface area contributed by atoms with Crippen LogP contribution in [-0.4, -0.2) is 0 Å². The fourth-order valence-corrected chi connectivity index (χ4v) is 0.120. The molecule has 0 aliphatic rings. The maximum atomic E-state index is 3.25. The van der Waals surface area contributed by atoms with E-state index in [1.807, 2.05) is 0 Å². The molecule has 0 aliphatic carbocycles. The van der Waals surface area contributed by atoms with Crippen LogP contribution in [0.2, 0.25) is 0 Å². The SMILES string of the molecule is C=[13C]=[13C]=[13C]=[13C]=[13C]=[13CH2]. The second-order valence-corrected chi connectivity index (χ2v) is 0.729. The highest BCUT2D eigenvalue weighted by molar-refractivity contribution is 4.82. The first-order chi connectivity index (χ1) is 3.41. The van der Waals surface area contributed by atoms with Gasteiger partial charge in [-0.3, -0.25) is 0 Å². The van der Waals surface area contributed by atoms with Gasteiger partial charge in [0.1, 0.15) is 0 Å². The molecule has 0 fully saturated rings. The molecule has 0 saturated carbocycles. The lowest BCUT2D eigenvalue weighted by atomic mass is 11.5. The van der Waals surface area contributed by atoms with Crippen LogP contribution in [0, 0.1) is 0 Å². The van der Waals surface area contributed by atoms with Crippen molar-refractivity contribution in [1.29, 1.82) is 0 Å². The zero-order valence-corrected chi connectivity index (χ0v) is 3.91. The Bertz CT molecular complexity index is 182. The number of hydrogen-bond acceptors (Lipinski definition) is 0. The van der Waals surface area contributed by atoms with E-state index in [2.05, 4.69) is 41.8 Å². The Morgan fingerprint density at radius 3 is 1.43 bits per heavy atom. The van der Waals surface area contributed by atoms with Gasteiger partial charge < -0.3 is 0 Å². The summed E-state index contributed by atoms with van der Waals surface area (Å²) < 4.78 is 0. The molecule has 0 radical (unpaired) electrons. The van der Waals surface area contributed by atoms with Gasteiger partial charge in [0.05, 0.1) is 0 Å². The third-order valence-electron chi connectivity index (χ3n) is 0.302. The Balaban J connectivity index is 4.89. The Morgan fingerprint density at radius 2 is 1.14 bits per heavy atom. The third kappa shape index (κ3) is 4.64. The first-order valence-electron chi connectivity index (χ1n) is 1.71. The minimum absolute atomic E-state index is 2.36. The van der Waals surface area contributed by atoms with Crippen LogP contribution in [0.3, 0.4) is 0 Å². The third-order valence-corrected chi connectivity index (χ3v) is 0.302. The molecule has 0 aromatic heterocycles. The van der Waals surface area contributed by atoms with Gasteiger partial charge >= 0.3 is 0 Å². The number of rotatable bonds is 0. The van der Waals surface area contributed by atoms with Crippen LogP contribution < -0.4 is 0 Å². The van der Waals surface area contributed by atoms with Crippen molar-refractivity contribution in [2.45, 2.75) is 0 Å². The summed E-state index contributed by atoms with van der Waals surface area (Å²) in [6.45, 7) is 6.49. The zero-order chi connectivity index (χ0) is 5.54. The molecule has 0 heterocycles. The van der Waals surface area contributed by atoms with E-state index in [9.17, 15) is 0 Å². The summed E-state index contributed by atoms with van der Waals surface area (Å²) in [4.78, 5) is 0. The van der Waals surface area contributed by atoms with Gasteiger partial charge in [-0.15, -0.1) is 0 Å². The number of hydrogen-bond donors (Lipinski definition) is 0. The summed E-state index contributed by atoms with van der Waals surface area (Å²) in [7, 11) is 0. The molecule has 0 N–H and O–H groups in total. The minimum Gasteiger partial charge on any atom is -0.0687 e. The fraction of sp³-hybridized carbons (Fsp3) is 0. The molecule has 0 bridgehead atoms. The summed E-state index contributed by atoms with van der Waals surface area (Å²) >= 11 is 0. The van der Waals surface area contributed by atoms with E-state index >= 15 is 0 Å². The predicted molar refractivity (Wildman–Crippen MR) is 28.8 cm³/mol. The molecule has 0 nitrogen and oxygen atoms in total. The molecule has 0 saturated heterocycles. The van der Waals surface area contributed by atoms with Crippen LogP contribution in [0.4, 0.5) is 0 Å². The van der Waals surface area contributed by atoms with Crippen LogP contribution in [0.1, 0.15) is 0 Å². The van der Waals surface area contributed by atoms with Crippen molar-refractivity contribution >= 4 is 0 Å². The molecule has 0 aliphatic heterocycles. The van der Waals surface area contributed by atoms with Crippen LogP contribution in [0.15, 0.2) is 41.8 Å². The second-order valence-electron chi connectivity index (χ2n) is 0.729. The Morgan fingerprint density at radius 1 is 0.714 bits per heavy atom. The van der Waals surface area contributed by atoms with Gasteiger partial charge in [0, 0.05) is 0 Å². The van der Waals surface area contributed by atoms with Crippen molar-refractivity contribution in [1.82, 2.24) is 0 Å². The van der Waals surface area contributed by atoms with Gasteiger partial charge in [0.25, 0.3) is 0 Å². The lowest BCUT2D eigenvalue weighted by molar-refractivity contribution is 2.21. The van der Waals surface area contributed by atoms with Crippen molar-refractivity contribution in [2.75, 3.05) is 0 Å². The lowest BCUT2D eigenvalue weighted by Gasteiger charge is -1.33. The van der Waals surface area contributed by atoms with Gasteiger partial charge in [0.2, 0.25) is 0 Å². The van der Waals surface area contributed by atoms with Gasteiger partial charge in [-0.2, -0.15) is 0 Å². The maximum absolute atomic E-state index is 3.25. The highest BCUT2D eigenvalue weighted by atomic mass is 14.3. The van der Waals surface area contributed by atoms with Crippen molar-refractivity contribution in [2.24, 2.45) is 0 Å². The summed E-state index contributed by atoms with van der Waals surface area (Å²) in [6.07, 6.45) is 0. The van der Waals surface area contributed by atoms with Gasteiger partial charge in [-0.25, -0.2) is 0 Å². The molecule has 0 atom stereocenters. The highest BCUT2D eigenvalue weighted by Gasteiger charge is 1.29. The minimum atomic E-state index is 2.36. The molecule has 0 aromatic carbocycles. The van der Waals surface area contributed by atoms with Crippen molar-refractivity contribution in [3.63, 3.8) is 0 Å². The van der Waals surface area contributed by atoms with Crippen LogP contribution in [0.5, 0.6) is 0 Å². The largest absolute Gasteiger partial charge is 0.0687 e. The van der Waals surface area contributed by atoms with Crippen molar-refractivity contribution < 1.29 is 0 Å². The summed E-state index contributed by atoms with van der Waals surface area (Å²) in [6, 6.07) is 0. The van der Waals surface area contributed by atoms with E-state index in [4.69, 9.17) is 0 Å². The highest BCUT2D eigenvalue weighted by Crippen LogP contribution is 1.47. The molecular formula is C7H4. The lowest BCUT2D eigenvalue weighted by Crippen LogP contribution is -1.15. The molecule has 0 heteroatoms. The van der Waals surface area contributed by atoms with Crippen LogP contribution >= 0.6 is 0 Å². The standard InChI is InChI=1S/C7H4/c1-3-5-7-6-4-2/h1-2H2/i1+1,3+1,4+1,5+1,6+1,7+1. The van der Waals surface area contributed by atoms with E-state index in [0.29, 0.717) is 0 Å². The van der Waals surface area contributed by atoms with E-state index in [-0.39, 0.29) is 0 Å². The zero-order valence-electron chi connectivity index (χ0n) is 3.91. The first-order valence-corrected chi connectivity index (χ1v) is 1.71. The van der Waals surface area contributed by atoms with E-state index in [1.54, 1.807) is 0 Å². The van der Waals surface area contributed by atoms with E-state index in [1.165, 1.54) is 0 Å². The maximum Gasteiger partial charge on any atom is -0.00139 e. The molecule has 0 aromatic rings. The second kappa shape index (κ2) is 4.64. The Hall–Kier alpha value is -1.36. The topological polar surface area (TPSA) is 0 Å². The molecule has 32 valence electrons. The average Bonchev–Trinajstić information content (AvgIpc) is 1.69. The van der Waals surface area contributed by atoms with E-state index < -0.39 is 0 Å². The predicted octanol–water partition coefficient (Wildman–Crippen LogP) is 1.58. The van der Waals surface area contributed by atoms with E-state index in [0.717, 1.165) is 0 Å². The summed E-state index contributed by atoms with van der Waals surface area (Å²) in [5.41, 5.74) is 12.0. The van der Waals surface area contributed by atoms with Crippen molar-refractivity contribution in [3.8, 4) is 0 Å². The summed E-state index contributed by atoms with van der Waals surface area (Å²) in [5.74, 6) is 0. The fourth-order valence-electron chi connectivity index (χ4n) is 0.120. The van der Waals surface area contributed by atoms with Gasteiger partial charge in [-0.1, -0.05) is 11.5 Å². The monoisotopic (exact) mass is 94.1 g/mol. The molecule has 0 unspecified atom stereocenters. The molecule has 0 amide bonds. The summed E-state index contributed by atoms with van der Waals surface area (Å²) in [5, 5.41) is 0. The Kier molecular flexibility index (Phi) is 3.74. The van der Waals surface area contributed by atoms with Crippen LogP contribution in [0.25, 0.3) is 0 Å². The van der Waals surface area contributed by atoms with Crippen LogP contribution in [-0.2, 0) is 0 Å². The van der Waals surface area contributed by atoms with Gasteiger partial charge in [-0.05, 0) is 30.4 Å². The smallest absolute Gasteiger partial charge is 0.00139 e. The van der Waals surface area contributed by atoms with Crippen molar-refractivity contribution in [3.05, 3.63) is 41.8 Å². The molecule has 0 spiro atoms. The van der Waals surface area contributed by atoms with Gasteiger partial charge in [0.15, 0.2) is 0 Å². The first kappa shape index (κ1) is 5.64. The molecular weight excluding hydrogens is 90.0 g/mol. The normalized spacial score (nSPS) is 3.43. The Labute approximate surface area is 42.8 Å². The quantitative estimate of drug-likeness (QED) is 0.316. The molecule has 0 rings (SSSR count). The molecule has 7 heavy (non-hydrogen) atoms.